The Labute approximate surface area is 177 Å². The van der Waals surface area contributed by atoms with E-state index in [2.05, 4.69) is 0 Å². The van der Waals surface area contributed by atoms with Gasteiger partial charge in [0.1, 0.15) is 5.75 Å². The molecule has 1 saturated heterocycles. The van der Waals surface area contributed by atoms with E-state index in [4.69, 9.17) is 9.47 Å². The number of amides is 1. The molecule has 0 saturated carbocycles. The van der Waals surface area contributed by atoms with Crippen LogP contribution >= 0.6 is 0 Å². The Morgan fingerprint density at radius 2 is 1.93 bits per heavy atom. The highest BCUT2D eigenvalue weighted by Gasteiger charge is 2.35. The molecule has 160 valence electrons. The van der Waals surface area contributed by atoms with Crippen molar-refractivity contribution in [1.29, 1.82) is 0 Å². The van der Waals surface area contributed by atoms with Crippen molar-refractivity contribution < 1.29 is 24.2 Å². The summed E-state index contributed by atoms with van der Waals surface area (Å²) in [5.41, 5.74) is 3.08. The SMILES string of the molecule is CCOC(=O)COc1cc(C2CCCN(C(=O)O)C2Cc2ccccc2)ccc1C. The highest BCUT2D eigenvalue weighted by molar-refractivity contribution is 5.71. The molecule has 2 atom stereocenters. The first-order valence-corrected chi connectivity index (χ1v) is 10.4. The van der Waals surface area contributed by atoms with Crippen molar-refractivity contribution in [3.05, 3.63) is 65.2 Å². The Hall–Kier alpha value is -3.02. The fourth-order valence-electron chi connectivity index (χ4n) is 4.13. The molecule has 1 aliphatic heterocycles. The van der Waals surface area contributed by atoms with Gasteiger partial charge in [-0.05, 0) is 55.9 Å². The van der Waals surface area contributed by atoms with Crippen molar-refractivity contribution in [2.24, 2.45) is 0 Å². The zero-order valence-corrected chi connectivity index (χ0v) is 17.5. The molecule has 0 aliphatic carbocycles. The fourth-order valence-corrected chi connectivity index (χ4v) is 4.13. The second kappa shape index (κ2) is 10.1. The fraction of sp³-hybridized carbons (Fsp3) is 0.417. The van der Waals surface area contributed by atoms with E-state index in [0.717, 1.165) is 29.5 Å². The van der Waals surface area contributed by atoms with Gasteiger partial charge < -0.3 is 19.5 Å². The van der Waals surface area contributed by atoms with Crippen LogP contribution in [0.1, 0.15) is 42.4 Å². The molecule has 0 radical (unpaired) electrons. The van der Waals surface area contributed by atoms with Crippen molar-refractivity contribution in [3.8, 4) is 5.75 Å². The maximum absolute atomic E-state index is 11.9. The third-order valence-electron chi connectivity index (χ3n) is 5.60. The molecule has 2 unspecified atom stereocenters. The van der Waals surface area contributed by atoms with Gasteiger partial charge in [-0.3, -0.25) is 0 Å². The maximum atomic E-state index is 11.9. The Morgan fingerprint density at radius 3 is 2.63 bits per heavy atom. The van der Waals surface area contributed by atoms with E-state index < -0.39 is 12.1 Å². The molecule has 1 aliphatic rings. The number of aryl methyl sites for hydroxylation is 1. The number of nitrogens with zero attached hydrogens (tertiary/aromatic N) is 1. The summed E-state index contributed by atoms with van der Waals surface area (Å²) >= 11 is 0. The molecular weight excluding hydrogens is 382 g/mol. The number of rotatable bonds is 7. The zero-order valence-electron chi connectivity index (χ0n) is 17.5. The molecule has 1 fully saturated rings. The topological polar surface area (TPSA) is 76.1 Å². The maximum Gasteiger partial charge on any atom is 0.407 e. The average molecular weight is 411 g/mol. The molecule has 2 aromatic rings. The third kappa shape index (κ3) is 5.32. The van der Waals surface area contributed by atoms with Crippen molar-refractivity contribution in [3.63, 3.8) is 0 Å². The normalized spacial score (nSPS) is 18.7. The van der Waals surface area contributed by atoms with Gasteiger partial charge in [0.25, 0.3) is 0 Å². The molecule has 3 rings (SSSR count). The second-order valence-corrected chi connectivity index (χ2v) is 7.60. The third-order valence-corrected chi connectivity index (χ3v) is 5.60. The Kier molecular flexibility index (Phi) is 7.33. The summed E-state index contributed by atoms with van der Waals surface area (Å²) in [6.45, 7) is 4.40. The Balaban J connectivity index is 1.86. The number of carbonyl (C=O) groups excluding carboxylic acids is 1. The van der Waals surface area contributed by atoms with E-state index in [1.165, 1.54) is 0 Å². The number of carbonyl (C=O) groups is 2. The first-order valence-electron chi connectivity index (χ1n) is 10.4. The van der Waals surface area contributed by atoms with Gasteiger partial charge in [-0.2, -0.15) is 0 Å². The number of esters is 1. The lowest BCUT2D eigenvalue weighted by atomic mass is 9.80. The standard InChI is InChI=1S/C24H29NO5/c1-3-29-23(26)16-30-22-15-19(12-11-17(22)2)20-10-7-13-25(24(27)28)21(20)14-18-8-5-4-6-9-18/h4-6,8-9,11-12,15,20-21H,3,7,10,13-14,16H2,1-2H3,(H,27,28). The minimum absolute atomic E-state index is 0.0561. The number of hydrogen-bond donors (Lipinski definition) is 1. The minimum Gasteiger partial charge on any atom is -0.482 e. The largest absolute Gasteiger partial charge is 0.482 e. The molecule has 0 aromatic heterocycles. The van der Waals surface area contributed by atoms with Crippen LogP contribution in [0, 0.1) is 6.92 Å². The average Bonchev–Trinajstić information content (AvgIpc) is 2.74. The summed E-state index contributed by atoms with van der Waals surface area (Å²) in [5.74, 6) is 0.283. The molecule has 30 heavy (non-hydrogen) atoms. The first-order chi connectivity index (χ1) is 14.5. The van der Waals surface area contributed by atoms with Crippen molar-refractivity contribution in [1.82, 2.24) is 4.90 Å². The molecule has 0 spiro atoms. The summed E-state index contributed by atoms with van der Waals surface area (Å²) in [4.78, 5) is 25.2. The molecule has 2 aromatic carbocycles. The van der Waals surface area contributed by atoms with E-state index in [-0.39, 0.29) is 18.6 Å². The van der Waals surface area contributed by atoms with Gasteiger partial charge in [-0.25, -0.2) is 9.59 Å². The highest BCUT2D eigenvalue weighted by atomic mass is 16.6. The summed E-state index contributed by atoms with van der Waals surface area (Å²) in [7, 11) is 0. The second-order valence-electron chi connectivity index (χ2n) is 7.60. The number of piperidine rings is 1. The lowest BCUT2D eigenvalue weighted by Gasteiger charge is -2.40. The minimum atomic E-state index is -0.883. The van der Waals surface area contributed by atoms with Gasteiger partial charge >= 0.3 is 12.1 Å². The van der Waals surface area contributed by atoms with Gasteiger partial charge in [-0.1, -0.05) is 42.5 Å². The van der Waals surface area contributed by atoms with Crippen LogP contribution in [-0.4, -0.2) is 47.9 Å². The number of benzene rings is 2. The van der Waals surface area contributed by atoms with Crippen LogP contribution in [0.5, 0.6) is 5.75 Å². The van der Waals surface area contributed by atoms with Crippen molar-refractivity contribution in [2.45, 2.75) is 45.1 Å². The van der Waals surface area contributed by atoms with Gasteiger partial charge in [0.15, 0.2) is 6.61 Å². The molecule has 0 bridgehead atoms. The van der Waals surface area contributed by atoms with Gasteiger partial charge in [0.05, 0.1) is 6.61 Å². The zero-order chi connectivity index (χ0) is 21.5. The smallest absolute Gasteiger partial charge is 0.407 e. The number of hydrogen-bond acceptors (Lipinski definition) is 4. The predicted molar refractivity (Wildman–Crippen MR) is 114 cm³/mol. The van der Waals surface area contributed by atoms with E-state index in [1.54, 1.807) is 11.8 Å². The van der Waals surface area contributed by atoms with Crippen LogP contribution in [0.4, 0.5) is 4.79 Å². The van der Waals surface area contributed by atoms with Gasteiger partial charge in [0, 0.05) is 18.5 Å². The quantitative estimate of drug-likeness (QED) is 0.683. The molecule has 1 heterocycles. The van der Waals surface area contributed by atoms with Crippen LogP contribution in [0.3, 0.4) is 0 Å². The number of likely N-dealkylation sites (tertiary alicyclic amines) is 1. The summed E-state index contributed by atoms with van der Waals surface area (Å²) in [5, 5.41) is 9.80. The first kappa shape index (κ1) is 21.7. The van der Waals surface area contributed by atoms with E-state index >= 15 is 0 Å². The van der Waals surface area contributed by atoms with Crippen LogP contribution in [0.2, 0.25) is 0 Å². The number of ether oxygens (including phenoxy) is 2. The van der Waals surface area contributed by atoms with Crippen LogP contribution in [-0.2, 0) is 16.0 Å². The van der Waals surface area contributed by atoms with Crippen molar-refractivity contribution >= 4 is 12.1 Å². The van der Waals surface area contributed by atoms with Gasteiger partial charge in [-0.15, -0.1) is 0 Å². The summed E-state index contributed by atoms with van der Waals surface area (Å²) < 4.78 is 10.6. The molecule has 6 nitrogen and oxygen atoms in total. The predicted octanol–water partition coefficient (Wildman–Crippen LogP) is 4.41. The lowest BCUT2D eigenvalue weighted by Crippen LogP contribution is -2.48. The summed E-state index contributed by atoms with van der Waals surface area (Å²) in [6.07, 6.45) is 1.49. The van der Waals surface area contributed by atoms with Crippen LogP contribution in [0.25, 0.3) is 0 Å². The molecule has 6 heteroatoms. The molecule has 1 amide bonds. The van der Waals surface area contributed by atoms with Crippen molar-refractivity contribution in [2.75, 3.05) is 19.8 Å². The van der Waals surface area contributed by atoms with Crippen LogP contribution < -0.4 is 4.74 Å². The van der Waals surface area contributed by atoms with E-state index in [1.807, 2.05) is 55.5 Å². The molecule has 1 N–H and O–H groups in total. The van der Waals surface area contributed by atoms with Gasteiger partial charge in [0.2, 0.25) is 0 Å². The Morgan fingerprint density at radius 1 is 1.17 bits per heavy atom. The monoisotopic (exact) mass is 411 g/mol. The highest BCUT2D eigenvalue weighted by Crippen LogP contribution is 2.36. The number of carboxylic acid groups (broad SMARTS) is 1. The molecular formula is C24H29NO5. The lowest BCUT2D eigenvalue weighted by molar-refractivity contribution is -0.145. The van der Waals surface area contributed by atoms with E-state index in [9.17, 15) is 14.7 Å². The summed E-state index contributed by atoms with van der Waals surface area (Å²) in [6, 6.07) is 15.8. The van der Waals surface area contributed by atoms with Crippen LogP contribution in [0.15, 0.2) is 48.5 Å². The van der Waals surface area contributed by atoms with E-state index in [0.29, 0.717) is 25.3 Å². The Bertz CT molecular complexity index is 867.